The molecule has 2 N–H and O–H groups in total. The van der Waals surface area contributed by atoms with Gasteiger partial charge in [0.15, 0.2) is 0 Å². The number of carbonyl (C=O) groups excluding carboxylic acids is 2. The van der Waals surface area contributed by atoms with Gasteiger partial charge >= 0.3 is 5.97 Å². The fourth-order valence-corrected chi connectivity index (χ4v) is 4.33. The number of nitrogens with zero attached hydrogens (tertiary/aromatic N) is 1. The van der Waals surface area contributed by atoms with Crippen molar-refractivity contribution in [2.24, 2.45) is 11.8 Å². The number of nitrogens with one attached hydrogen (secondary N) is 1. The summed E-state index contributed by atoms with van der Waals surface area (Å²) >= 11 is 0. The molecule has 1 saturated carbocycles. The number of para-hydroxylation sites is 1. The van der Waals surface area contributed by atoms with Crippen LogP contribution in [0.4, 0.5) is 0 Å². The molecule has 0 bridgehead atoms. The molecule has 7 nitrogen and oxygen atoms in total. The Bertz CT molecular complexity index is 850. The lowest BCUT2D eigenvalue weighted by Crippen LogP contribution is -2.42. The molecule has 4 atom stereocenters. The smallest absolute Gasteiger partial charge is 0.341 e. The molecule has 1 aliphatic carbocycles. The summed E-state index contributed by atoms with van der Waals surface area (Å²) < 4.78 is 10.8. The number of aliphatic hydroxyl groups is 1. The minimum Gasteiger partial charge on any atom is -0.487 e. The monoisotopic (exact) mass is 384 g/mol. The van der Waals surface area contributed by atoms with E-state index in [1.54, 1.807) is 42.7 Å². The van der Waals surface area contributed by atoms with Gasteiger partial charge in [-0.3, -0.25) is 4.79 Å². The Labute approximate surface area is 163 Å². The molecule has 1 amide bonds. The number of fused-ring (bicyclic) bond motifs is 1. The van der Waals surface area contributed by atoms with Gasteiger partial charge in [0.05, 0.1) is 18.8 Å². The standard InChI is InChI=1S/C21H24N2O5/c1-27-21(26)16-4-2-3-5-18(16)28-19-9-15-12-23(11-14(15)8-17(19)24)20(25)13-6-7-22-10-13/h2-7,10,14-15,17,19,22,24H,8-9,11-12H2,1H3/t14-,15+,17+,19+/m0/s1. The van der Waals surface area contributed by atoms with Crippen molar-refractivity contribution in [1.29, 1.82) is 0 Å². The van der Waals surface area contributed by atoms with E-state index in [4.69, 9.17) is 9.47 Å². The van der Waals surface area contributed by atoms with Crippen molar-refractivity contribution in [2.45, 2.75) is 25.0 Å². The Morgan fingerprint density at radius 3 is 2.61 bits per heavy atom. The second-order valence-electron chi connectivity index (χ2n) is 7.51. The highest BCUT2D eigenvalue weighted by Gasteiger charge is 2.44. The van der Waals surface area contributed by atoms with Crippen molar-refractivity contribution in [3.63, 3.8) is 0 Å². The summed E-state index contributed by atoms with van der Waals surface area (Å²) in [5.41, 5.74) is 0.994. The third kappa shape index (κ3) is 3.49. The molecule has 0 unspecified atom stereocenters. The van der Waals surface area contributed by atoms with Crippen LogP contribution in [0, 0.1) is 11.8 Å². The van der Waals surface area contributed by atoms with Gasteiger partial charge in [0.25, 0.3) is 5.91 Å². The molecule has 1 aliphatic heterocycles. The largest absolute Gasteiger partial charge is 0.487 e. The number of hydrogen-bond acceptors (Lipinski definition) is 5. The predicted molar refractivity (Wildman–Crippen MR) is 101 cm³/mol. The van der Waals surface area contributed by atoms with Crippen LogP contribution >= 0.6 is 0 Å². The second kappa shape index (κ2) is 7.67. The maximum atomic E-state index is 12.6. The van der Waals surface area contributed by atoms with Gasteiger partial charge in [-0.1, -0.05) is 12.1 Å². The number of esters is 1. The Morgan fingerprint density at radius 1 is 1.14 bits per heavy atom. The van der Waals surface area contributed by atoms with E-state index in [9.17, 15) is 14.7 Å². The van der Waals surface area contributed by atoms with Crippen LogP contribution in [0.25, 0.3) is 0 Å². The zero-order valence-corrected chi connectivity index (χ0v) is 15.7. The Hall–Kier alpha value is -2.80. The number of aliphatic hydroxyl groups excluding tert-OH is 1. The van der Waals surface area contributed by atoms with Crippen LogP contribution in [0.3, 0.4) is 0 Å². The van der Waals surface area contributed by atoms with Crippen molar-refractivity contribution in [3.8, 4) is 5.75 Å². The van der Waals surface area contributed by atoms with E-state index in [0.29, 0.717) is 42.8 Å². The average Bonchev–Trinajstić information content (AvgIpc) is 3.37. The second-order valence-corrected chi connectivity index (χ2v) is 7.51. The SMILES string of the molecule is COC(=O)c1ccccc1O[C@@H]1C[C@@H]2CN(C(=O)c3cc[nH]c3)C[C@@H]2C[C@H]1O. The average molecular weight is 384 g/mol. The van der Waals surface area contributed by atoms with Crippen LogP contribution < -0.4 is 4.74 Å². The van der Waals surface area contributed by atoms with Crippen molar-refractivity contribution >= 4 is 11.9 Å². The van der Waals surface area contributed by atoms with Crippen molar-refractivity contribution in [3.05, 3.63) is 53.9 Å². The normalized spacial score (nSPS) is 26.6. The number of methoxy groups -OCH3 is 1. The fourth-order valence-electron chi connectivity index (χ4n) is 4.33. The molecular weight excluding hydrogens is 360 g/mol. The maximum absolute atomic E-state index is 12.6. The van der Waals surface area contributed by atoms with Gasteiger partial charge in [-0.15, -0.1) is 0 Å². The van der Waals surface area contributed by atoms with E-state index < -0.39 is 18.2 Å². The number of carbonyl (C=O) groups is 2. The lowest BCUT2D eigenvalue weighted by Gasteiger charge is -2.35. The summed E-state index contributed by atoms with van der Waals surface area (Å²) in [4.78, 5) is 29.3. The number of H-pyrrole nitrogens is 1. The van der Waals surface area contributed by atoms with Gasteiger partial charge in [-0.2, -0.15) is 0 Å². The minimum atomic E-state index is -0.644. The van der Waals surface area contributed by atoms with E-state index in [2.05, 4.69) is 4.98 Å². The first-order valence-corrected chi connectivity index (χ1v) is 9.51. The van der Waals surface area contributed by atoms with Gasteiger partial charge < -0.3 is 24.5 Å². The first kappa shape index (κ1) is 18.6. The molecule has 2 aromatic rings. The summed E-state index contributed by atoms with van der Waals surface area (Å²) in [6, 6.07) is 8.66. The van der Waals surface area contributed by atoms with E-state index in [1.807, 2.05) is 4.90 Å². The van der Waals surface area contributed by atoms with Crippen molar-refractivity contribution in [2.75, 3.05) is 20.2 Å². The van der Waals surface area contributed by atoms with Crippen LogP contribution in [0.15, 0.2) is 42.7 Å². The zero-order chi connectivity index (χ0) is 19.7. The van der Waals surface area contributed by atoms with Crippen LogP contribution in [-0.4, -0.2) is 59.3 Å². The number of aromatic nitrogens is 1. The third-order valence-electron chi connectivity index (χ3n) is 5.79. The minimum absolute atomic E-state index is 0.0126. The molecule has 28 heavy (non-hydrogen) atoms. The molecule has 148 valence electrons. The number of amides is 1. The van der Waals surface area contributed by atoms with Crippen LogP contribution in [0.5, 0.6) is 5.75 Å². The summed E-state index contributed by atoms with van der Waals surface area (Å²) in [6.07, 6.45) is 3.59. The highest BCUT2D eigenvalue weighted by atomic mass is 16.5. The highest BCUT2D eigenvalue weighted by Crippen LogP contribution is 2.38. The summed E-state index contributed by atoms with van der Waals surface area (Å²) in [5.74, 6) is 0.479. The van der Waals surface area contributed by atoms with Gasteiger partial charge in [-0.25, -0.2) is 4.79 Å². The Morgan fingerprint density at radius 2 is 1.89 bits per heavy atom. The van der Waals surface area contributed by atoms with Gasteiger partial charge in [-0.05, 0) is 42.9 Å². The topological polar surface area (TPSA) is 91.9 Å². The quantitative estimate of drug-likeness (QED) is 0.788. The zero-order valence-electron chi connectivity index (χ0n) is 15.7. The molecule has 4 rings (SSSR count). The van der Waals surface area contributed by atoms with Crippen molar-refractivity contribution < 1.29 is 24.2 Å². The summed E-state index contributed by atoms with van der Waals surface area (Å²) in [6.45, 7) is 1.30. The molecular formula is C21H24N2O5. The maximum Gasteiger partial charge on any atom is 0.341 e. The summed E-state index contributed by atoms with van der Waals surface area (Å²) in [5, 5.41) is 10.6. The Balaban J connectivity index is 1.45. The molecule has 1 saturated heterocycles. The number of rotatable bonds is 4. The van der Waals surface area contributed by atoms with E-state index in [1.165, 1.54) is 7.11 Å². The molecule has 2 fully saturated rings. The lowest BCUT2D eigenvalue weighted by molar-refractivity contribution is -0.0237. The molecule has 7 heteroatoms. The summed E-state index contributed by atoms with van der Waals surface area (Å²) in [7, 11) is 1.33. The third-order valence-corrected chi connectivity index (χ3v) is 5.79. The lowest BCUT2D eigenvalue weighted by atomic mass is 9.78. The fraction of sp³-hybridized carbons (Fsp3) is 0.429. The molecule has 1 aromatic carbocycles. The van der Waals surface area contributed by atoms with Crippen LogP contribution in [0.1, 0.15) is 33.6 Å². The Kier molecular flexibility index (Phi) is 5.09. The van der Waals surface area contributed by atoms with E-state index in [-0.39, 0.29) is 17.7 Å². The van der Waals surface area contributed by atoms with Gasteiger partial charge in [0, 0.05) is 25.5 Å². The molecule has 0 spiro atoms. The highest BCUT2D eigenvalue weighted by molar-refractivity contribution is 5.94. The molecule has 1 aromatic heterocycles. The van der Waals surface area contributed by atoms with E-state index in [0.717, 1.165) is 0 Å². The number of hydrogen-bond donors (Lipinski definition) is 2. The number of aromatic amines is 1. The van der Waals surface area contributed by atoms with Gasteiger partial charge in [0.2, 0.25) is 0 Å². The van der Waals surface area contributed by atoms with Crippen molar-refractivity contribution in [1.82, 2.24) is 9.88 Å². The van der Waals surface area contributed by atoms with E-state index >= 15 is 0 Å². The van der Waals surface area contributed by atoms with Crippen LogP contribution in [0.2, 0.25) is 0 Å². The predicted octanol–water partition coefficient (Wildman–Crippen LogP) is 2.09. The molecule has 2 heterocycles. The van der Waals surface area contributed by atoms with Crippen LogP contribution in [-0.2, 0) is 4.74 Å². The first-order chi connectivity index (χ1) is 13.6. The number of ether oxygens (including phenoxy) is 2. The number of likely N-dealkylation sites (tertiary alicyclic amines) is 1. The molecule has 0 radical (unpaired) electrons. The van der Waals surface area contributed by atoms with Gasteiger partial charge in [0.1, 0.15) is 17.4 Å². The number of benzene rings is 1. The first-order valence-electron chi connectivity index (χ1n) is 9.51. The molecule has 2 aliphatic rings.